The molecule has 1 aromatic heterocycles. The van der Waals surface area contributed by atoms with Crippen LogP contribution in [-0.4, -0.2) is 26.5 Å². The summed E-state index contributed by atoms with van der Waals surface area (Å²) in [6.45, 7) is 6.84. The number of aromatic nitrogens is 1. The topological polar surface area (TPSA) is 92.5 Å². The molecular weight excluding hydrogens is 414 g/mol. The van der Waals surface area contributed by atoms with Gasteiger partial charge < -0.3 is 9.84 Å². The Kier molecular flexibility index (Phi) is 6.31. The molecular formula is C23H25N3O4S. The van der Waals surface area contributed by atoms with E-state index < -0.39 is 10.0 Å². The standard InChI is InChI=1S/C23H25N3O4S/c1-15-6-11-20(12-7-15)26(5)31(28,29)22-14-19(9-8-16(22)2)10-13-21-23(24-18(4)27)17(3)25-30-21/h6-14H,1-5H3,(H,24,27). The third kappa shape index (κ3) is 4.86. The predicted octanol–water partition coefficient (Wildman–Crippen LogP) is 4.55. The van der Waals surface area contributed by atoms with E-state index in [0.717, 1.165) is 5.56 Å². The fourth-order valence-corrected chi connectivity index (χ4v) is 4.49. The van der Waals surface area contributed by atoms with Crippen molar-refractivity contribution in [3.63, 3.8) is 0 Å². The fourth-order valence-electron chi connectivity index (χ4n) is 3.04. The number of carbonyl (C=O) groups excluding carboxylic acids is 1. The van der Waals surface area contributed by atoms with Crippen LogP contribution in [0.2, 0.25) is 0 Å². The Morgan fingerprint density at radius 3 is 2.39 bits per heavy atom. The van der Waals surface area contributed by atoms with Gasteiger partial charge in [-0.2, -0.15) is 0 Å². The first-order valence-corrected chi connectivity index (χ1v) is 11.1. The van der Waals surface area contributed by atoms with Gasteiger partial charge in [-0.15, -0.1) is 0 Å². The van der Waals surface area contributed by atoms with Crippen LogP contribution in [0.3, 0.4) is 0 Å². The largest absolute Gasteiger partial charge is 0.354 e. The molecule has 0 saturated carbocycles. The average molecular weight is 440 g/mol. The lowest BCUT2D eigenvalue weighted by Crippen LogP contribution is -2.27. The predicted molar refractivity (Wildman–Crippen MR) is 122 cm³/mol. The maximum atomic E-state index is 13.3. The second kappa shape index (κ2) is 8.77. The molecule has 0 aliphatic rings. The number of anilines is 2. The summed E-state index contributed by atoms with van der Waals surface area (Å²) in [5.41, 5.74) is 4.00. The molecule has 8 heteroatoms. The maximum absolute atomic E-state index is 13.3. The maximum Gasteiger partial charge on any atom is 0.264 e. The van der Waals surface area contributed by atoms with Gasteiger partial charge in [0.05, 0.1) is 10.6 Å². The van der Waals surface area contributed by atoms with Gasteiger partial charge in [-0.25, -0.2) is 8.42 Å². The molecule has 0 radical (unpaired) electrons. The Morgan fingerprint density at radius 2 is 1.74 bits per heavy atom. The van der Waals surface area contributed by atoms with Gasteiger partial charge in [0.25, 0.3) is 10.0 Å². The van der Waals surface area contributed by atoms with E-state index >= 15 is 0 Å². The van der Waals surface area contributed by atoms with E-state index in [2.05, 4.69) is 10.5 Å². The number of benzene rings is 2. The quantitative estimate of drug-likeness (QED) is 0.608. The third-order valence-electron chi connectivity index (χ3n) is 4.87. The van der Waals surface area contributed by atoms with Gasteiger partial charge in [0.1, 0.15) is 11.4 Å². The van der Waals surface area contributed by atoms with Crippen LogP contribution >= 0.6 is 0 Å². The highest BCUT2D eigenvalue weighted by atomic mass is 32.2. The number of nitrogens with zero attached hydrogens (tertiary/aromatic N) is 2. The van der Waals surface area contributed by atoms with E-state index in [0.29, 0.717) is 34.0 Å². The Labute approximate surface area is 182 Å². The molecule has 0 saturated heterocycles. The summed E-state index contributed by atoms with van der Waals surface area (Å²) in [5, 5.41) is 6.56. The number of hydrogen-bond acceptors (Lipinski definition) is 5. The zero-order valence-electron chi connectivity index (χ0n) is 18.1. The number of carbonyl (C=O) groups is 1. The first-order chi connectivity index (χ1) is 14.6. The van der Waals surface area contributed by atoms with Crippen molar-refractivity contribution in [2.75, 3.05) is 16.7 Å². The Balaban J connectivity index is 1.94. The van der Waals surface area contributed by atoms with Crippen LogP contribution in [0, 0.1) is 20.8 Å². The highest BCUT2D eigenvalue weighted by Gasteiger charge is 2.23. The van der Waals surface area contributed by atoms with E-state index in [1.54, 1.807) is 57.3 Å². The summed E-state index contributed by atoms with van der Waals surface area (Å²) >= 11 is 0. The zero-order valence-corrected chi connectivity index (χ0v) is 18.9. The van der Waals surface area contributed by atoms with Gasteiger partial charge in [0, 0.05) is 14.0 Å². The smallest absolute Gasteiger partial charge is 0.264 e. The first kappa shape index (κ1) is 22.3. The van der Waals surface area contributed by atoms with Crippen LogP contribution in [0.15, 0.2) is 51.9 Å². The normalized spacial score (nSPS) is 11.6. The van der Waals surface area contributed by atoms with Crippen LogP contribution in [0.4, 0.5) is 11.4 Å². The van der Waals surface area contributed by atoms with E-state index in [1.165, 1.54) is 11.2 Å². The van der Waals surface area contributed by atoms with Crippen molar-refractivity contribution in [2.24, 2.45) is 0 Å². The molecule has 3 aromatic rings. The van der Waals surface area contributed by atoms with Crippen LogP contribution < -0.4 is 9.62 Å². The second-order valence-corrected chi connectivity index (χ2v) is 9.29. The van der Waals surface area contributed by atoms with Crippen molar-refractivity contribution in [3.05, 3.63) is 70.6 Å². The van der Waals surface area contributed by atoms with Crippen LogP contribution in [0.5, 0.6) is 0 Å². The second-order valence-electron chi connectivity index (χ2n) is 7.35. The van der Waals surface area contributed by atoms with Gasteiger partial charge >= 0.3 is 0 Å². The number of nitrogens with one attached hydrogen (secondary N) is 1. The molecule has 1 heterocycles. The summed E-state index contributed by atoms with van der Waals surface area (Å²) in [6.07, 6.45) is 3.37. The lowest BCUT2D eigenvalue weighted by molar-refractivity contribution is -0.114. The van der Waals surface area contributed by atoms with Crippen molar-refractivity contribution in [1.82, 2.24) is 5.16 Å². The van der Waals surface area contributed by atoms with Crippen molar-refractivity contribution in [3.8, 4) is 0 Å². The lowest BCUT2D eigenvalue weighted by atomic mass is 10.1. The molecule has 1 N–H and O–H groups in total. The molecule has 7 nitrogen and oxygen atoms in total. The number of sulfonamides is 1. The van der Waals surface area contributed by atoms with E-state index in [-0.39, 0.29) is 10.8 Å². The van der Waals surface area contributed by atoms with Crippen molar-refractivity contribution in [1.29, 1.82) is 0 Å². The Morgan fingerprint density at radius 1 is 1.06 bits per heavy atom. The van der Waals surface area contributed by atoms with E-state index in [9.17, 15) is 13.2 Å². The van der Waals surface area contributed by atoms with Gasteiger partial charge in [0.2, 0.25) is 5.91 Å². The summed E-state index contributed by atoms with van der Waals surface area (Å²) in [7, 11) is -2.21. The molecule has 0 aliphatic carbocycles. The number of hydrogen-bond donors (Lipinski definition) is 1. The summed E-state index contributed by atoms with van der Waals surface area (Å²) in [5.74, 6) is 0.151. The monoisotopic (exact) mass is 439 g/mol. The molecule has 2 aromatic carbocycles. The van der Waals surface area contributed by atoms with Crippen LogP contribution in [-0.2, 0) is 14.8 Å². The lowest BCUT2D eigenvalue weighted by Gasteiger charge is -2.21. The van der Waals surface area contributed by atoms with E-state index in [4.69, 9.17) is 4.52 Å². The summed E-state index contributed by atoms with van der Waals surface area (Å²) in [6, 6.07) is 12.5. The molecule has 1 amide bonds. The van der Waals surface area contributed by atoms with Gasteiger partial charge in [-0.05, 0) is 56.2 Å². The average Bonchev–Trinajstić information content (AvgIpc) is 3.06. The summed E-state index contributed by atoms with van der Waals surface area (Å²) < 4.78 is 33.1. The SMILES string of the molecule is CC(=O)Nc1c(C)noc1C=Cc1ccc(C)c(S(=O)(=O)N(C)c2ccc(C)cc2)c1. The molecule has 0 unspecified atom stereocenters. The van der Waals surface area contributed by atoms with Gasteiger partial charge in [0.15, 0.2) is 5.76 Å². The first-order valence-electron chi connectivity index (χ1n) is 9.68. The highest BCUT2D eigenvalue weighted by Crippen LogP contribution is 2.27. The molecule has 3 rings (SSSR count). The number of aryl methyl sites for hydroxylation is 3. The van der Waals surface area contributed by atoms with Crippen molar-refractivity contribution in [2.45, 2.75) is 32.6 Å². The molecule has 0 aliphatic heterocycles. The van der Waals surface area contributed by atoms with Crippen molar-refractivity contribution >= 4 is 39.5 Å². The minimum absolute atomic E-state index is 0.216. The van der Waals surface area contributed by atoms with Crippen LogP contribution in [0.25, 0.3) is 12.2 Å². The number of rotatable bonds is 6. The minimum atomic E-state index is -3.75. The highest BCUT2D eigenvalue weighted by molar-refractivity contribution is 7.92. The van der Waals surface area contributed by atoms with E-state index in [1.807, 2.05) is 25.1 Å². The Hall–Kier alpha value is -3.39. The molecule has 0 bridgehead atoms. The summed E-state index contributed by atoms with van der Waals surface area (Å²) in [4.78, 5) is 11.6. The zero-order chi connectivity index (χ0) is 22.8. The van der Waals surface area contributed by atoms with Gasteiger partial charge in [-0.1, -0.05) is 41.1 Å². The van der Waals surface area contributed by atoms with Crippen molar-refractivity contribution < 1.29 is 17.7 Å². The molecule has 0 fully saturated rings. The molecule has 162 valence electrons. The molecule has 31 heavy (non-hydrogen) atoms. The molecule has 0 atom stereocenters. The third-order valence-corrected chi connectivity index (χ3v) is 6.79. The minimum Gasteiger partial charge on any atom is -0.354 e. The van der Waals surface area contributed by atoms with Gasteiger partial charge in [-0.3, -0.25) is 9.10 Å². The van der Waals surface area contributed by atoms with Crippen LogP contribution in [0.1, 0.15) is 35.1 Å². The fraction of sp³-hybridized carbons (Fsp3) is 0.217. The Bertz CT molecular complexity index is 1240. The molecule has 0 spiro atoms. The number of amides is 1.